The number of carbonyl (C=O) groups is 2. The number of benzene rings is 3. The molecular formula is C40H54N2O7. The Morgan fingerprint density at radius 3 is 1.76 bits per heavy atom. The summed E-state index contributed by atoms with van der Waals surface area (Å²) in [4.78, 5) is 22.6. The number of aromatic nitrogens is 1. The molecule has 3 aromatic carbocycles. The van der Waals surface area contributed by atoms with E-state index in [1.165, 1.54) is 44.3 Å². The maximum absolute atomic E-state index is 10.1. The second-order valence-corrected chi connectivity index (χ2v) is 14.7. The highest BCUT2D eigenvalue weighted by molar-refractivity contribution is 5.92. The molecule has 0 radical (unpaired) electrons. The third-order valence-corrected chi connectivity index (χ3v) is 8.36. The van der Waals surface area contributed by atoms with Gasteiger partial charge in [0, 0.05) is 24.0 Å². The summed E-state index contributed by atoms with van der Waals surface area (Å²) in [5.74, 6) is -0.101. The molecule has 9 heteroatoms. The summed E-state index contributed by atoms with van der Waals surface area (Å²) < 4.78 is 8.33. The van der Waals surface area contributed by atoms with Gasteiger partial charge in [-0.05, 0) is 146 Å². The predicted molar refractivity (Wildman–Crippen MR) is 196 cm³/mol. The number of hydrogen-bond acceptors (Lipinski definition) is 6. The zero-order valence-corrected chi connectivity index (χ0v) is 30.1. The Labute approximate surface area is 290 Å². The number of aliphatic carboxylic acids is 2. The molecule has 4 N–H and O–H groups in total. The van der Waals surface area contributed by atoms with Crippen molar-refractivity contribution in [2.45, 2.75) is 80.7 Å². The lowest BCUT2D eigenvalue weighted by atomic mass is 9.98. The summed E-state index contributed by atoms with van der Waals surface area (Å²) >= 11 is 0. The fourth-order valence-corrected chi connectivity index (χ4v) is 5.19. The highest BCUT2D eigenvalue weighted by Gasteiger charge is 2.20. The van der Waals surface area contributed by atoms with E-state index in [2.05, 4.69) is 40.7 Å². The molecule has 0 atom stereocenters. The molecule has 4 aromatic rings. The van der Waals surface area contributed by atoms with Gasteiger partial charge in [0.05, 0.1) is 16.5 Å². The van der Waals surface area contributed by atoms with E-state index in [0.29, 0.717) is 6.54 Å². The number of aryl methyl sites for hydroxylation is 1. The molecule has 0 unspecified atom stereocenters. The van der Waals surface area contributed by atoms with E-state index in [1.807, 2.05) is 24.3 Å². The molecule has 1 aliphatic rings. The first-order valence-corrected chi connectivity index (χ1v) is 17.0. The Balaban J connectivity index is 0.000000392. The quantitative estimate of drug-likeness (QED) is 0.153. The maximum Gasteiger partial charge on any atom is 0.308 e. The van der Waals surface area contributed by atoms with Gasteiger partial charge < -0.3 is 29.7 Å². The Morgan fingerprint density at radius 1 is 0.735 bits per heavy atom. The van der Waals surface area contributed by atoms with Crippen LogP contribution in [0.5, 0.6) is 17.2 Å². The molecule has 1 fully saturated rings. The second kappa shape index (κ2) is 17.2. The number of hydrogen-bond donors (Lipinski definition) is 4. The number of ether oxygens (including phenoxy) is 1. The molecule has 0 bridgehead atoms. The van der Waals surface area contributed by atoms with Crippen LogP contribution in [-0.4, -0.2) is 68.1 Å². The van der Waals surface area contributed by atoms with Crippen LogP contribution in [0.1, 0.15) is 78.4 Å². The van der Waals surface area contributed by atoms with Gasteiger partial charge in [0.2, 0.25) is 0 Å². The number of nitrogens with zero attached hydrogens (tertiary/aromatic N) is 2. The smallest absolute Gasteiger partial charge is 0.308 e. The number of carboxylic acid groups (broad SMARTS) is 2. The lowest BCUT2D eigenvalue weighted by molar-refractivity contribution is -0.146. The van der Waals surface area contributed by atoms with Crippen LogP contribution >= 0.6 is 0 Å². The zero-order valence-electron chi connectivity index (χ0n) is 30.1. The van der Waals surface area contributed by atoms with Gasteiger partial charge in [-0.15, -0.1) is 0 Å². The summed E-state index contributed by atoms with van der Waals surface area (Å²) in [6.07, 6.45) is 5.30. The largest absolute Gasteiger partial charge is 0.508 e. The SMILES string of the molecule is CC(C)(C)C(=O)O.CC(C)(C)C(=O)O.Cc1c(-c2ccc(O)cc2)n(Cc2ccc(OCCN3CCCCCC3)cc2)c2ccc(O)cc12. The van der Waals surface area contributed by atoms with Crippen LogP contribution < -0.4 is 4.74 Å². The number of phenolic OH excluding ortho intramolecular Hbond substituents is 2. The van der Waals surface area contributed by atoms with E-state index in [9.17, 15) is 19.8 Å². The number of phenols is 2. The van der Waals surface area contributed by atoms with Gasteiger partial charge in [0.1, 0.15) is 23.9 Å². The van der Waals surface area contributed by atoms with Gasteiger partial charge in [-0.2, -0.15) is 0 Å². The fourth-order valence-electron chi connectivity index (χ4n) is 5.19. The molecule has 49 heavy (non-hydrogen) atoms. The van der Waals surface area contributed by atoms with Crippen molar-refractivity contribution in [2.75, 3.05) is 26.2 Å². The van der Waals surface area contributed by atoms with E-state index in [4.69, 9.17) is 14.9 Å². The average Bonchev–Trinajstić information content (AvgIpc) is 3.16. The molecule has 0 amide bonds. The van der Waals surface area contributed by atoms with E-state index < -0.39 is 22.8 Å². The summed E-state index contributed by atoms with van der Waals surface area (Å²) in [6, 6.07) is 21.2. The first kappa shape index (κ1) is 38.9. The molecule has 2 heterocycles. The Hall–Kier alpha value is -4.50. The van der Waals surface area contributed by atoms with Crippen molar-refractivity contribution in [1.82, 2.24) is 9.47 Å². The predicted octanol–water partition coefficient (Wildman–Crippen LogP) is 8.57. The molecule has 5 rings (SSSR count). The van der Waals surface area contributed by atoms with Crippen molar-refractivity contribution < 1.29 is 34.8 Å². The molecule has 0 saturated carbocycles. The van der Waals surface area contributed by atoms with Gasteiger partial charge in [0.25, 0.3) is 0 Å². The number of rotatable bonds is 7. The molecule has 1 aliphatic heterocycles. The Morgan fingerprint density at radius 2 is 1.24 bits per heavy atom. The van der Waals surface area contributed by atoms with E-state index in [1.54, 1.807) is 59.7 Å². The van der Waals surface area contributed by atoms with Gasteiger partial charge in [-0.25, -0.2) is 0 Å². The van der Waals surface area contributed by atoms with Crippen molar-refractivity contribution in [2.24, 2.45) is 10.8 Å². The van der Waals surface area contributed by atoms with Crippen LogP contribution in [0.25, 0.3) is 22.2 Å². The highest BCUT2D eigenvalue weighted by atomic mass is 16.5. The molecule has 1 saturated heterocycles. The zero-order chi connectivity index (χ0) is 36.4. The normalized spacial score (nSPS) is 13.8. The minimum atomic E-state index is -0.757. The summed E-state index contributed by atoms with van der Waals surface area (Å²) in [5, 5.41) is 37.4. The number of fused-ring (bicyclic) bond motifs is 1. The average molecular weight is 675 g/mol. The molecule has 9 nitrogen and oxygen atoms in total. The summed E-state index contributed by atoms with van der Waals surface area (Å²) in [7, 11) is 0. The molecule has 0 spiro atoms. The second-order valence-electron chi connectivity index (χ2n) is 14.7. The minimum absolute atomic E-state index is 0.248. The van der Waals surface area contributed by atoms with Crippen LogP contribution in [-0.2, 0) is 16.1 Å². The van der Waals surface area contributed by atoms with E-state index in [0.717, 1.165) is 46.6 Å². The van der Waals surface area contributed by atoms with Crippen molar-refractivity contribution >= 4 is 22.8 Å². The highest BCUT2D eigenvalue weighted by Crippen LogP contribution is 2.36. The number of likely N-dealkylation sites (tertiary alicyclic amines) is 1. The van der Waals surface area contributed by atoms with Crippen LogP contribution in [0, 0.1) is 17.8 Å². The van der Waals surface area contributed by atoms with Gasteiger partial charge in [-0.3, -0.25) is 14.5 Å². The van der Waals surface area contributed by atoms with Crippen molar-refractivity contribution in [3.8, 4) is 28.5 Å². The molecule has 1 aromatic heterocycles. The van der Waals surface area contributed by atoms with Crippen LogP contribution in [0.3, 0.4) is 0 Å². The van der Waals surface area contributed by atoms with Crippen molar-refractivity contribution in [3.05, 3.63) is 77.9 Å². The van der Waals surface area contributed by atoms with Crippen LogP contribution in [0.15, 0.2) is 66.7 Å². The first-order chi connectivity index (χ1) is 23.0. The lowest BCUT2D eigenvalue weighted by Crippen LogP contribution is -2.29. The molecule has 266 valence electrons. The van der Waals surface area contributed by atoms with Crippen molar-refractivity contribution in [3.63, 3.8) is 0 Å². The first-order valence-electron chi connectivity index (χ1n) is 17.0. The lowest BCUT2D eigenvalue weighted by Gasteiger charge is -2.19. The topological polar surface area (TPSA) is 132 Å². The summed E-state index contributed by atoms with van der Waals surface area (Å²) in [6.45, 7) is 16.8. The van der Waals surface area contributed by atoms with Gasteiger partial charge in [0.15, 0.2) is 0 Å². The third kappa shape index (κ3) is 11.9. The molecular weight excluding hydrogens is 620 g/mol. The van der Waals surface area contributed by atoms with Gasteiger partial charge >= 0.3 is 11.9 Å². The van der Waals surface area contributed by atoms with E-state index >= 15 is 0 Å². The van der Waals surface area contributed by atoms with E-state index in [-0.39, 0.29) is 11.5 Å². The monoisotopic (exact) mass is 674 g/mol. The standard InChI is InChI=1S/C30H34N2O3.2C5H10O2/c1-22-28-20-26(34)12-15-29(28)32(30(22)24-8-10-25(33)11-9-24)21-23-6-13-27(14-7-23)35-19-18-31-16-4-2-3-5-17-31;2*1-5(2,3)4(6)7/h6-15,20,33-34H,2-5,16-19,21H2,1H3;2*1-3H3,(H,6,7). The Bertz CT molecular complexity index is 1630. The fraction of sp³-hybridized carbons (Fsp3) is 0.450. The van der Waals surface area contributed by atoms with Gasteiger partial charge in [-0.1, -0.05) is 25.0 Å². The third-order valence-electron chi connectivity index (χ3n) is 8.36. The van der Waals surface area contributed by atoms with Crippen LogP contribution in [0.4, 0.5) is 0 Å². The summed E-state index contributed by atoms with van der Waals surface area (Å²) in [5.41, 5.74) is 4.30. The molecule has 0 aliphatic carbocycles. The number of aromatic hydroxyl groups is 2. The number of carboxylic acids is 2. The Kier molecular flexibility index (Phi) is 13.7. The van der Waals surface area contributed by atoms with Crippen molar-refractivity contribution in [1.29, 1.82) is 0 Å². The van der Waals surface area contributed by atoms with Crippen LogP contribution in [0.2, 0.25) is 0 Å². The maximum atomic E-state index is 10.1. The minimum Gasteiger partial charge on any atom is -0.508 e.